The highest BCUT2D eigenvalue weighted by molar-refractivity contribution is 14.1. The molecule has 2 saturated heterocycles. The van der Waals surface area contributed by atoms with Crippen molar-refractivity contribution in [3.63, 3.8) is 0 Å². The quantitative estimate of drug-likeness (QED) is 0.0518. The zero-order valence-corrected chi connectivity index (χ0v) is 45.3. The Morgan fingerprint density at radius 2 is 1.04 bits per heavy atom. The maximum atomic E-state index is 13.6. The van der Waals surface area contributed by atoms with Crippen molar-refractivity contribution >= 4 is 103 Å². The number of aliphatic hydroxyl groups is 2. The molecule has 77 heavy (non-hydrogen) atoms. The second-order valence-electron chi connectivity index (χ2n) is 17.6. The van der Waals surface area contributed by atoms with Crippen LogP contribution in [0.25, 0.3) is 11.3 Å². The van der Waals surface area contributed by atoms with E-state index in [2.05, 4.69) is 32.6 Å². The number of alkyl halides is 7. The van der Waals surface area contributed by atoms with Crippen LogP contribution in [-0.2, 0) is 34.8 Å². The van der Waals surface area contributed by atoms with Crippen LogP contribution in [0.3, 0.4) is 0 Å². The van der Waals surface area contributed by atoms with Crippen LogP contribution in [-0.4, -0.2) is 91.5 Å². The Morgan fingerprint density at radius 3 is 1.40 bits per heavy atom. The lowest BCUT2D eigenvalue weighted by atomic mass is 10.0. The summed E-state index contributed by atoms with van der Waals surface area (Å²) in [4.78, 5) is 66.2. The average Bonchev–Trinajstić information content (AvgIpc) is 3.79. The molecule has 0 radical (unpaired) electrons. The minimum Gasteiger partial charge on any atom is -0.502 e. The molecule has 8 rings (SSSR count). The Kier molecular flexibility index (Phi) is 17.4. The summed E-state index contributed by atoms with van der Waals surface area (Å²) >= 11 is 13.2. The Labute approximate surface area is 458 Å². The molecular formula is C50H45F6IN10O8S2. The molecular weight excluding hydrogens is 1170 g/mol. The fourth-order valence-electron chi connectivity index (χ4n) is 8.28. The Morgan fingerprint density at radius 1 is 0.649 bits per heavy atom. The summed E-state index contributed by atoms with van der Waals surface area (Å²) in [5.74, 6) is -1.72. The molecule has 0 saturated carbocycles. The van der Waals surface area contributed by atoms with Crippen LogP contribution in [0, 0.1) is 22.7 Å². The van der Waals surface area contributed by atoms with Crippen molar-refractivity contribution in [1.29, 1.82) is 10.5 Å². The second kappa shape index (κ2) is 22.7. The van der Waals surface area contributed by atoms with Crippen molar-refractivity contribution in [2.24, 2.45) is 0 Å². The number of aliphatic hydroxyl groups excluding tert-OH is 2. The molecule has 2 aromatic carbocycles. The van der Waals surface area contributed by atoms with Crippen molar-refractivity contribution in [3.8, 4) is 23.6 Å². The standard InChI is InChI=1S/C25H22F3N5O4S.C23H18F3N5O3S.C2H5IO/c1-4-18-20(37-10-9-34)21(35)31-13-16(7-8-19(31)30-18)33-23(38)32(22(36)24(33,2)3)15-6-5-14(12-29)17(11-15)25(26,27)28;1-4-16-18(32)19(33)29-11-14(7-8-17(29)28-16)31-21(35)30(20(34)22(31,2)3)13-6-5-12(10-27)15(9-13)23(24,25)26;3-1-2-4/h5-8,11,13,34H,4,9-10H2,1-3H3;5-9,11,32H,4H2,1-3H3;4H,1-2H2. The van der Waals surface area contributed by atoms with Gasteiger partial charge in [-0.2, -0.15) is 36.9 Å². The number of nitriles is 2. The molecule has 0 atom stereocenters. The zero-order chi connectivity index (χ0) is 57.3. The van der Waals surface area contributed by atoms with Crippen LogP contribution in [0.15, 0.2) is 82.6 Å². The summed E-state index contributed by atoms with van der Waals surface area (Å²) < 4.78 is 89.9. The summed E-state index contributed by atoms with van der Waals surface area (Å²) in [5, 5.41) is 45.1. The first-order valence-corrected chi connectivity index (χ1v) is 25.2. The van der Waals surface area contributed by atoms with E-state index < -0.39 is 74.4 Å². The molecule has 6 heterocycles. The summed E-state index contributed by atoms with van der Waals surface area (Å²) in [5.41, 5.74) is -5.91. The third-order valence-electron chi connectivity index (χ3n) is 12.0. The number of halogens is 7. The fraction of sp³-hybridized carbons (Fsp3) is 0.320. The molecule has 0 spiro atoms. The number of fused-ring (bicyclic) bond motifs is 2. The fourth-order valence-corrected chi connectivity index (χ4v) is 9.33. The molecule has 27 heteroatoms. The smallest absolute Gasteiger partial charge is 0.417 e. The maximum Gasteiger partial charge on any atom is 0.417 e. The van der Waals surface area contributed by atoms with E-state index in [0.29, 0.717) is 54.3 Å². The van der Waals surface area contributed by atoms with Gasteiger partial charge < -0.3 is 29.9 Å². The highest BCUT2D eigenvalue weighted by atomic mass is 127. The van der Waals surface area contributed by atoms with Gasteiger partial charge in [0.25, 0.3) is 17.4 Å². The normalized spacial score (nSPS) is 15.1. The SMILES string of the molecule is CCc1nc2ccc(N3C(=S)N(c4ccc(C#N)c(C(F)(F)F)c4)C(=O)C3(C)C)cn2c(=O)c1O.CCc1nc2ccc(N3C(=S)N(c4ccc(C#N)c(C(F)(F)F)c4)C(=O)C3(C)C)cn2c(=O)c1OCCO.OCCI. The highest BCUT2D eigenvalue weighted by Gasteiger charge is 2.52. The number of pyridine rings is 2. The van der Waals surface area contributed by atoms with E-state index in [9.17, 15) is 50.6 Å². The molecule has 2 aliphatic heterocycles. The van der Waals surface area contributed by atoms with Gasteiger partial charge in [-0.3, -0.25) is 37.8 Å². The highest BCUT2D eigenvalue weighted by Crippen LogP contribution is 2.42. The van der Waals surface area contributed by atoms with Crippen molar-refractivity contribution in [1.82, 2.24) is 18.8 Å². The number of carbonyl (C=O) groups excluding carboxylic acids is 2. The molecule has 0 bridgehead atoms. The van der Waals surface area contributed by atoms with Gasteiger partial charge in [0.05, 0.1) is 81.7 Å². The number of thiocarbonyl (C=S) groups is 2. The third kappa shape index (κ3) is 11.1. The van der Waals surface area contributed by atoms with E-state index in [1.165, 1.54) is 56.9 Å². The number of rotatable bonds is 10. The van der Waals surface area contributed by atoms with Gasteiger partial charge in [0.15, 0.2) is 10.2 Å². The van der Waals surface area contributed by atoms with Crippen molar-refractivity contribution in [2.75, 3.05) is 43.8 Å². The molecule has 0 unspecified atom stereocenters. The van der Waals surface area contributed by atoms with Crippen LogP contribution in [0.4, 0.5) is 49.1 Å². The maximum absolute atomic E-state index is 13.6. The summed E-state index contributed by atoms with van der Waals surface area (Å²) in [6.07, 6.45) is -6.11. The van der Waals surface area contributed by atoms with Gasteiger partial charge >= 0.3 is 17.9 Å². The number of aryl methyl sites for hydroxylation is 2. The van der Waals surface area contributed by atoms with E-state index in [-0.39, 0.29) is 51.9 Å². The first-order chi connectivity index (χ1) is 36.1. The van der Waals surface area contributed by atoms with Gasteiger partial charge in [0.2, 0.25) is 11.5 Å². The van der Waals surface area contributed by atoms with Gasteiger partial charge in [0.1, 0.15) is 29.0 Å². The van der Waals surface area contributed by atoms with E-state index in [1.807, 2.05) is 0 Å². The molecule has 4 aromatic heterocycles. The number of hydrogen-bond donors (Lipinski definition) is 3. The predicted octanol–water partition coefficient (Wildman–Crippen LogP) is 7.62. The molecule has 404 valence electrons. The predicted molar refractivity (Wildman–Crippen MR) is 288 cm³/mol. The Balaban J connectivity index is 0.000000234. The van der Waals surface area contributed by atoms with Gasteiger partial charge in [-0.1, -0.05) is 36.4 Å². The molecule has 3 N–H and O–H groups in total. The largest absolute Gasteiger partial charge is 0.502 e. The zero-order valence-electron chi connectivity index (χ0n) is 41.5. The summed E-state index contributed by atoms with van der Waals surface area (Å²) in [7, 11) is 0. The van der Waals surface area contributed by atoms with E-state index in [1.54, 1.807) is 59.7 Å². The molecule has 2 amide bonds. The van der Waals surface area contributed by atoms with Gasteiger partial charge in [-0.25, -0.2) is 9.97 Å². The third-order valence-corrected chi connectivity index (χ3v) is 13.2. The number of amides is 2. The summed E-state index contributed by atoms with van der Waals surface area (Å²) in [6, 6.07) is 15.1. The molecule has 18 nitrogen and oxygen atoms in total. The number of anilines is 4. The number of ether oxygens (including phenoxy) is 1. The lowest BCUT2D eigenvalue weighted by molar-refractivity contribution is -0.138. The van der Waals surface area contributed by atoms with Crippen molar-refractivity contribution in [3.05, 3.63) is 127 Å². The number of benzene rings is 2. The molecule has 2 fully saturated rings. The van der Waals surface area contributed by atoms with E-state index in [4.69, 9.17) is 49.9 Å². The number of aromatic hydroxyl groups is 1. The van der Waals surface area contributed by atoms with Crippen LogP contribution >= 0.6 is 47.0 Å². The van der Waals surface area contributed by atoms with Crippen LogP contribution in [0.5, 0.6) is 11.5 Å². The number of hydrogen-bond acceptors (Lipinski definition) is 14. The average molecular weight is 1220 g/mol. The first kappa shape index (κ1) is 58.9. The Hall–Kier alpha value is -7.31. The van der Waals surface area contributed by atoms with Gasteiger partial charge in [0, 0.05) is 16.8 Å². The minimum absolute atomic E-state index is 0.0191. The first-order valence-electron chi connectivity index (χ1n) is 22.9. The summed E-state index contributed by atoms with van der Waals surface area (Å²) in [6.45, 7) is 9.63. The van der Waals surface area contributed by atoms with Crippen LogP contribution < -0.4 is 35.5 Å². The van der Waals surface area contributed by atoms with Crippen LogP contribution in [0.2, 0.25) is 0 Å². The van der Waals surface area contributed by atoms with Crippen molar-refractivity contribution in [2.45, 2.75) is 77.8 Å². The minimum atomic E-state index is -4.82. The number of carbonyl (C=O) groups is 2. The Bertz CT molecular complexity index is 3580. The molecule has 6 aromatic rings. The monoisotopic (exact) mass is 1220 g/mol. The van der Waals surface area contributed by atoms with E-state index >= 15 is 0 Å². The lowest BCUT2D eigenvalue weighted by Gasteiger charge is -2.29. The van der Waals surface area contributed by atoms with Gasteiger partial charge in [-0.15, -0.1) is 0 Å². The van der Waals surface area contributed by atoms with E-state index in [0.717, 1.165) is 30.8 Å². The number of aromatic nitrogens is 4. The lowest BCUT2D eigenvalue weighted by Crippen LogP contribution is -2.44. The molecule has 2 aliphatic rings. The second-order valence-corrected chi connectivity index (χ2v) is 19.5. The molecule has 0 aliphatic carbocycles. The van der Waals surface area contributed by atoms with Crippen LogP contribution in [0.1, 0.15) is 75.2 Å². The number of nitrogens with zero attached hydrogens (tertiary/aromatic N) is 10. The topological polar surface area (TPSA) is 233 Å². The van der Waals surface area contributed by atoms with Gasteiger partial charge in [-0.05, 0) is 126 Å². The van der Waals surface area contributed by atoms with Crippen molar-refractivity contribution < 1.29 is 56.0 Å².